The summed E-state index contributed by atoms with van der Waals surface area (Å²) in [5, 5.41) is 8.77. The second kappa shape index (κ2) is 4.94. The van der Waals surface area contributed by atoms with Crippen molar-refractivity contribution in [2.45, 2.75) is 37.6 Å². The molecule has 1 unspecified atom stereocenters. The first-order valence-electron chi connectivity index (χ1n) is 5.59. The van der Waals surface area contributed by atoms with Crippen molar-refractivity contribution >= 4 is 0 Å². The predicted octanol–water partition coefficient (Wildman–Crippen LogP) is 3.23. The molecular formula is C12H11F3N2O. The lowest BCUT2D eigenvalue weighted by Crippen LogP contribution is -2.21. The maximum Gasteiger partial charge on any atom is 0.433 e. The minimum atomic E-state index is -4.43. The van der Waals surface area contributed by atoms with Crippen molar-refractivity contribution in [3.8, 4) is 6.07 Å². The first-order valence-corrected chi connectivity index (χ1v) is 5.59. The normalized spacial score (nSPS) is 24.6. The molecule has 0 spiro atoms. The Morgan fingerprint density at radius 2 is 2.11 bits per heavy atom. The number of hydrogen-bond donors (Lipinski definition) is 0. The van der Waals surface area contributed by atoms with Gasteiger partial charge < -0.3 is 4.74 Å². The number of alkyl halides is 3. The van der Waals surface area contributed by atoms with Crippen LogP contribution in [-0.2, 0) is 10.9 Å². The summed E-state index contributed by atoms with van der Waals surface area (Å²) in [6, 6.07) is 4.32. The first-order chi connectivity index (χ1) is 8.50. The van der Waals surface area contributed by atoms with E-state index in [2.05, 4.69) is 4.98 Å². The van der Waals surface area contributed by atoms with Crippen molar-refractivity contribution in [2.24, 2.45) is 0 Å². The summed E-state index contributed by atoms with van der Waals surface area (Å²) in [5.74, 6) is 0. The maximum atomic E-state index is 12.3. The van der Waals surface area contributed by atoms with Gasteiger partial charge in [0.05, 0.1) is 12.2 Å². The van der Waals surface area contributed by atoms with Crippen LogP contribution in [0.4, 0.5) is 13.2 Å². The molecule has 1 saturated heterocycles. The Kier molecular flexibility index (Phi) is 3.53. The number of rotatable bonds is 1. The van der Waals surface area contributed by atoms with E-state index in [9.17, 15) is 13.2 Å². The highest BCUT2D eigenvalue weighted by Crippen LogP contribution is 2.32. The lowest BCUT2D eigenvalue weighted by Gasteiger charge is -2.26. The second-order valence-electron chi connectivity index (χ2n) is 4.15. The van der Waals surface area contributed by atoms with Crippen LogP contribution in [0, 0.1) is 11.3 Å². The van der Waals surface area contributed by atoms with Gasteiger partial charge in [-0.1, -0.05) is 6.07 Å². The Morgan fingerprint density at radius 3 is 2.67 bits per heavy atom. The van der Waals surface area contributed by atoms with E-state index in [0.29, 0.717) is 18.4 Å². The van der Waals surface area contributed by atoms with E-state index < -0.39 is 18.0 Å². The second-order valence-corrected chi connectivity index (χ2v) is 4.15. The fraction of sp³-hybridized carbons (Fsp3) is 0.500. The van der Waals surface area contributed by atoms with Crippen LogP contribution < -0.4 is 0 Å². The van der Waals surface area contributed by atoms with E-state index in [-0.39, 0.29) is 6.10 Å². The third-order valence-corrected chi connectivity index (χ3v) is 2.85. The molecule has 0 radical (unpaired) electrons. The van der Waals surface area contributed by atoms with Crippen LogP contribution in [0.1, 0.15) is 36.6 Å². The summed E-state index contributed by atoms with van der Waals surface area (Å²) in [4.78, 5) is 3.39. The van der Waals surface area contributed by atoms with Gasteiger partial charge in [-0.3, -0.25) is 4.98 Å². The Labute approximate surface area is 102 Å². The summed E-state index contributed by atoms with van der Waals surface area (Å²) in [5.41, 5.74) is -0.332. The van der Waals surface area contributed by atoms with Crippen LogP contribution in [0.5, 0.6) is 0 Å². The fourth-order valence-electron chi connectivity index (χ4n) is 1.93. The molecule has 0 aromatic carbocycles. The summed E-state index contributed by atoms with van der Waals surface area (Å²) < 4.78 is 42.5. The molecule has 2 heterocycles. The Balaban J connectivity index is 2.12. The van der Waals surface area contributed by atoms with Gasteiger partial charge in [0.25, 0.3) is 0 Å². The lowest BCUT2D eigenvalue weighted by molar-refractivity contribution is -0.141. The highest BCUT2D eigenvalue weighted by Gasteiger charge is 2.32. The molecule has 6 heteroatoms. The van der Waals surface area contributed by atoms with Crippen molar-refractivity contribution in [2.75, 3.05) is 0 Å². The number of nitrogens with zero attached hydrogens (tertiary/aromatic N) is 2. The van der Waals surface area contributed by atoms with E-state index in [1.54, 1.807) is 0 Å². The van der Waals surface area contributed by atoms with Crippen molar-refractivity contribution < 1.29 is 17.9 Å². The quantitative estimate of drug-likeness (QED) is 0.774. The smallest absolute Gasteiger partial charge is 0.355 e. The van der Waals surface area contributed by atoms with E-state index in [1.165, 1.54) is 12.3 Å². The average molecular weight is 256 g/mol. The van der Waals surface area contributed by atoms with Gasteiger partial charge >= 0.3 is 6.18 Å². The molecule has 1 fully saturated rings. The monoisotopic (exact) mass is 256 g/mol. The number of aromatic nitrogens is 1. The predicted molar refractivity (Wildman–Crippen MR) is 56.3 cm³/mol. The molecular weight excluding hydrogens is 245 g/mol. The van der Waals surface area contributed by atoms with Crippen molar-refractivity contribution in [3.63, 3.8) is 0 Å². The van der Waals surface area contributed by atoms with Crippen LogP contribution in [-0.4, -0.2) is 11.1 Å². The van der Waals surface area contributed by atoms with Gasteiger partial charge in [-0.15, -0.1) is 0 Å². The van der Waals surface area contributed by atoms with Gasteiger partial charge in [-0.05, 0) is 30.9 Å². The number of halogens is 3. The zero-order valence-corrected chi connectivity index (χ0v) is 9.44. The zero-order chi connectivity index (χ0) is 13.2. The van der Waals surface area contributed by atoms with Gasteiger partial charge in [0.1, 0.15) is 11.8 Å². The molecule has 0 saturated carbocycles. The zero-order valence-electron chi connectivity index (χ0n) is 9.44. The van der Waals surface area contributed by atoms with E-state index >= 15 is 0 Å². The van der Waals surface area contributed by atoms with Gasteiger partial charge in [0, 0.05) is 6.20 Å². The number of ether oxygens (including phenoxy) is 1. The fourth-order valence-corrected chi connectivity index (χ4v) is 1.93. The average Bonchev–Trinajstić information content (AvgIpc) is 2.38. The van der Waals surface area contributed by atoms with Gasteiger partial charge in [0.15, 0.2) is 0 Å². The molecule has 2 atom stereocenters. The van der Waals surface area contributed by atoms with Gasteiger partial charge in [-0.2, -0.15) is 18.4 Å². The van der Waals surface area contributed by atoms with E-state index in [0.717, 1.165) is 12.5 Å². The third-order valence-electron chi connectivity index (χ3n) is 2.85. The van der Waals surface area contributed by atoms with Gasteiger partial charge in [0.2, 0.25) is 0 Å². The topological polar surface area (TPSA) is 45.9 Å². The summed E-state index contributed by atoms with van der Waals surface area (Å²) in [6.07, 6.45) is -1.88. The van der Waals surface area contributed by atoms with Crippen molar-refractivity contribution in [1.82, 2.24) is 4.98 Å². The molecule has 1 aliphatic heterocycles. The molecule has 0 bridgehead atoms. The van der Waals surface area contributed by atoms with Crippen LogP contribution in [0.25, 0.3) is 0 Å². The third kappa shape index (κ3) is 2.79. The van der Waals surface area contributed by atoms with Gasteiger partial charge in [-0.25, -0.2) is 0 Å². The van der Waals surface area contributed by atoms with E-state index in [4.69, 9.17) is 10.00 Å². The lowest BCUT2D eigenvalue weighted by atomic mass is 10.00. The maximum absolute atomic E-state index is 12.3. The van der Waals surface area contributed by atoms with Crippen molar-refractivity contribution in [1.29, 1.82) is 5.26 Å². The largest absolute Gasteiger partial charge is 0.433 e. The molecule has 18 heavy (non-hydrogen) atoms. The molecule has 0 N–H and O–H groups in total. The molecule has 0 amide bonds. The molecule has 1 aromatic heterocycles. The number of hydrogen-bond acceptors (Lipinski definition) is 3. The summed E-state index contributed by atoms with van der Waals surface area (Å²) in [6.45, 7) is 0. The highest BCUT2D eigenvalue weighted by molar-refractivity contribution is 5.19. The Bertz CT molecular complexity index is 450. The Morgan fingerprint density at radius 1 is 1.33 bits per heavy atom. The number of nitriles is 1. The van der Waals surface area contributed by atoms with Crippen LogP contribution in [0.15, 0.2) is 18.3 Å². The van der Waals surface area contributed by atoms with E-state index in [1.807, 2.05) is 6.07 Å². The summed E-state index contributed by atoms with van der Waals surface area (Å²) >= 11 is 0. The van der Waals surface area contributed by atoms with Crippen molar-refractivity contribution in [3.05, 3.63) is 29.6 Å². The molecule has 1 aliphatic rings. The standard InChI is InChI=1S/C12H11F3N2O/c13-12(14,15)11-5-4-8(7-17-11)10-3-1-2-9(6-16)18-10/h4-5,7,9-10H,1-3H2/t9-,10?/m1/s1. The minimum absolute atomic E-state index is 0.335. The van der Waals surface area contributed by atoms with Crippen LogP contribution >= 0.6 is 0 Å². The molecule has 96 valence electrons. The Hall–Kier alpha value is -1.61. The SMILES string of the molecule is N#C[C@H]1CCCC(c2ccc(C(F)(F)F)nc2)O1. The molecule has 3 nitrogen and oxygen atoms in total. The van der Waals surface area contributed by atoms with Crippen LogP contribution in [0.2, 0.25) is 0 Å². The molecule has 2 rings (SSSR count). The minimum Gasteiger partial charge on any atom is -0.355 e. The number of pyridine rings is 1. The molecule has 0 aliphatic carbocycles. The summed E-state index contributed by atoms with van der Waals surface area (Å²) in [7, 11) is 0. The highest BCUT2D eigenvalue weighted by atomic mass is 19.4. The first kappa shape index (κ1) is 12.8. The molecule has 1 aromatic rings. The van der Waals surface area contributed by atoms with Crippen LogP contribution in [0.3, 0.4) is 0 Å².